The molecule has 0 radical (unpaired) electrons. The summed E-state index contributed by atoms with van der Waals surface area (Å²) >= 11 is 1.43. The van der Waals surface area contributed by atoms with Gasteiger partial charge in [0.2, 0.25) is 0 Å². The van der Waals surface area contributed by atoms with Crippen LogP contribution in [0.1, 0.15) is 29.2 Å². The van der Waals surface area contributed by atoms with E-state index in [2.05, 4.69) is 10.3 Å². The Labute approximate surface area is 113 Å². The Bertz CT molecular complexity index is 583. The number of rotatable bonds is 4. The highest BCUT2D eigenvalue weighted by Gasteiger charge is 2.23. The average Bonchev–Trinajstić information content (AvgIpc) is 2.81. The van der Waals surface area contributed by atoms with Crippen molar-refractivity contribution in [3.05, 3.63) is 51.2 Å². The van der Waals surface area contributed by atoms with Crippen LogP contribution in [0.5, 0.6) is 0 Å². The molecule has 102 valence electrons. The van der Waals surface area contributed by atoms with E-state index in [4.69, 9.17) is 0 Å². The van der Waals surface area contributed by atoms with Crippen molar-refractivity contribution in [3.63, 3.8) is 0 Å². The second-order valence-corrected chi connectivity index (χ2v) is 5.11. The first-order valence-electron chi connectivity index (χ1n) is 5.83. The summed E-state index contributed by atoms with van der Waals surface area (Å²) in [5, 5.41) is 5.65. The fourth-order valence-corrected chi connectivity index (χ4v) is 2.49. The second-order valence-electron chi connectivity index (χ2n) is 4.05. The highest BCUT2D eigenvalue weighted by molar-refractivity contribution is 7.09. The first-order chi connectivity index (χ1) is 9.04. The van der Waals surface area contributed by atoms with Gasteiger partial charge in [0.1, 0.15) is 0 Å². The smallest absolute Gasteiger partial charge is 0.194 e. The van der Waals surface area contributed by atoms with E-state index in [-0.39, 0.29) is 5.56 Å². The van der Waals surface area contributed by atoms with Crippen LogP contribution in [0.4, 0.5) is 13.2 Å². The predicted octanol–water partition coefficient (Wildman–Crippen LogP) is 3.57. The number of halogens is 3. The third kappa shape index (κ3) is 2.79. The van der Waals surface area contributed by atoms with Crippen LogP contribution in [0, 0.1) is 24.4 Å². The lowest BCUT2D eigenvalue weighted by atomic mass is 10.0. The normalized spacial score (nSPS) is 12.7. The molecule has 0 fully saturated rings. The number of aryl methyl sites for hydroxylation is 1. The second kappa shape index (κ2) is 5.71. The molecule has 1 unspecified atom stereocenters. The van der Waals surface area contributed by atoms with E-state index >= 15 is 0 Å². The van der Waals surface area contributed by atoms with Gasteiger partial charge in [-0.15, -0.1) is 11.3 Å². The van der Waals surface area contributed by atoms with Crippen molar-refractivity contribution >= 4 is 11.3 Å². The summed E-state index contributed by atoms with van der Waals surface area (Å²) in [7, 11) is 0. The maximum absolute atomic E-state index is 13.8. The molecule has 0 bridgehead atoms. The van der Waals surface area contributed by atoms with E-state index in [1.807, 2.05) is 13.8 Å². The first-order valence-corrected chi connectivity index (χ1v) is 6.71. The summed E-state index contributed by atoms with van der Waals surface area (Å²) in [5.74, 6) is -3.81. The van der Waals surface area contributed by atoms with Crippen molar-refractivity contribution in [2.75, 3.05) is 6.54 Å². The largest absolute Gasteiger partial charge is 0.305 e. The average molecular weight is 286 g/mol. The molecule has 0 aliphatic carbocycles. The summed E-state index contributed by atoms with van der Waals surface area (Å²) < 4.78 is 40.1. The van der Waals surface area contributed by atoms with Gasteiger partial charge in [-0.2, -0.15) is 0 Å². The Hall–Kier alpha value is -1.40. The number of nitrogens with one attached hydrogen (secondary N) is 1. The van der Waals surface area contributed by atoms with E-state index in [1.165, 1.54) is 17.4 Å². The van der Waals surface area contributed by atoms with Gasteiger partial charge >= 0.3 is 0 Å². The summed E-state index contributed by atoms with van der Waals surface area (Å²) in [5.41, 5.74) is 0.667. The van der Waals surface area contributed by atoms with Gasteiger partial charge in [-0.3, -0.25) is 0 Å². The van der Waals surface area contributed by atoms with Crippen LogP contribution in [0.3, 0.4) is 0 Å². The van der Waals surface area contributed by atoms with Gasteiger partial charge in [-0.25, -0.2) is 18.2 Å². The minimum absolute atomic E-state index is 0.0612. The summed E-state index contributed by atoms with van der Waals surface area (Å²) in [6.07, 6.45) is 0. The van der Waals surface area contributed by atoms with E-state index < -0.39 is 23.5 Å². The molecule has 2 rings (SSSR count). The van der Waals surface area contributed by atoms with Gasteiger partial charge in [0, 0.05) is 10.9 Å². The van der Waals surface area contributed by atoms with Crippen LogP contribution in [0.25, 0.3) is 0 Å². The summed E-state index contributed by atoms with van der Waals surface area (Å²) in [6.45, 7) is 4.24. The Morgan fingerprint density at radius 2 is 2.00 bits per heavy atom. The molecular weight excluding hydrogens is 273 g/mol. The summed E-state index contributed by atoms with van der Waals surface area (Å²) in [4.78, 5) is 4.27. The minimum Gasteiger partial charge on any atom is -0.305 e. The molecule has 0 saturated carbocycles. The van der Waals surface area contributed by atoms with Crippen LogP contribution in [0.15, 0.2) is 17.5 Å². The van der Waals surface area contributed by atoms with Crippen molar-refractivity contribution in [2.45, 2.75) is 19.9 Å². The fourth-order valence-electron chi connectivity index (χ4n) is 1.85. The Morgan fingerprint density at radius 3 is 2.58 bits per heavy atom. The molecule has 0 saturated heterocycles. The predicted molar refractivity (Wildman–Crippen MR) is 68.7 cm³/mol. The molecular formula is C13H13F3N2S. The number of benzene rings is 1. The minimum atomic E-state index is -1.45. The number of hydrogen-bond donors (Lipinski definition) is 1. The van der Waals surface area contributed by atoms with Gasteiger partial charge in [-0.1, -0.05) is 13.0 Å². The van der Waals surface area contributed by atoms with Gasteiger partial charge < -0.3 is 5.32 Å². The van der Waals surface area contributed by atoms with E-state index in [1.54, 1.807) is 5.38 Å². The zero-order valence-corrected chi connectivity index (χ0v) is 11.3. The van der Waals surface area contributed by atoms with Gasteiger partial charge in [-0.05, 0) is 19.5 Å². The zero-order valence-electron chi connectivity index (χ0n) is 10.5. The zero-order chi connectivity index (χ0) is 14.0. The monoisotopic (exact) mass is 286 g/mol. The maximum atomic E-state index is 13.8. The molecule has 1 aromatic heterocycles. The maximum Gasteiger partial charge on any atom is 0.194 e. The lowest BCUT2D eigenvalue weighted by Crippen LogP contribution is -2.24. The third-order valence-corrected chi connectivity index (χ3v) is 3.51. The SMILES string of the molecule is CCNC(c1csc(C)n1)c1ccc(F)c(F)c1F. The molecule has 0 aliphatic rings. The summed E-state index contributed by atoms with van der Waals surface area (Å²) in [6, 6.07) is 1.60. The van der Waals surface area contributed by atoms with Crippen LogP contribution in [0.2, 0.25) is 0 Å². The lowest BCUT2D eigenvalue weighted by Gasteiger charge is -2.17. The molecule has 19 heavy (non-hydrogen) atoms. The van der Waals surface area contributed by atoms with Gasteiger partial charge in [0.25, 0.3) is 0 Å². The van der Waals surface area contributed by atoms with E-state index in [9.17, 15) is 13.2 Å². The molecule has 1 atom stereocenters. The van der Waals surface area contributed by atoms with Gasteiger partial charge in [0.05, 0.1) is 16.7 Å². The van der Waals surface area contributed by atoms with Crippen LogP contribution in [-0.2, 0) is 0 Å². The highest BCUT2D eigenvalue weighted by Crippen LogP contribution is 2.27. The molecule has 6 heteroatoms. The Morgan fingerprint density at radius 1 is 1.26 bits per heavy atom. The van der Waals surface area contributed by atoms with E-state index in [0.29, 0.717) is 12.2 Å². The molecule has 0 amide bonds. The molecule has 2 nitrogen and oxygen atoms in total. The standard InChI is InChI=1S/C13H13F3N2S/c1-3-17-13(10-6-19-7(2)18-10)8-4-5-9(14)12(16)11(8)15/h4-6,13,17H,3H2,1-2H3. The molecule has 1 N–H and O–H groups in total. The Balaban J connectivity index is 2.48. The molecule has 2 aromatic rings. The fraction of sp³-hybridized carbons (Fsp3) is 0.308. The molecule has 0 aliphatic heterocycles. The lowest BCUT2D eigenvalue weighted by molar-refractivity contribution is 0.432. The number of thiazole rings is 1. The molecule has 1 heterocycles. The topological polar surface area (TPSA) is 24.9 Å². The van der Waals surface area contributed by atoms with Gasteiger partial charge in [0.15, 0.2) is 17.5 Å². The van der Waals surface area contributed by atoms with Crippen molar-refractivity contribution in [3.8, 4) is 0 Å². The van der Waals surface area contributed by atoms with Crippen molar-refractivity contribution in [2.24, 2.45) is 0 Å². The highest BCUT2D eigenvalue weighted by atomic mass is 32.1. The number of hydrogen-bond acceptors (Lipinski definition) is 3. The quantitative estimate of drug-likeness (QED) is 0.869. The van der Waals surface area contributed by atoms with E-state index in [0.717, 1.165) is 11.1 Å². The van der Waals surface area contributed by atoms with Crippen LogP contribution < -0.4 is 5.32 Å². The van der Waals surface area contributed by atoms with Crippen molar-refractivity contribution < 1.29 is 13.2 Å². The number of nitrogens with zero attached hydrogens (tertiary/aromatic N) is 1. The van der Waals surface area contributed by atoms with Crippen molar-refractivity contribution in [1.29, 1.82) is 0 Å². The first kappa shape index (κ1) is 14.0. The van der Waals surface area contributed by atoms with Crippen LogP contribution in [-0.4, -0.2) is 11.5 Å². The van der Waals surface area contributed by atoms with Crippen LogP contribution >= 0.6 is 11.3 Å². The number of aromatic nitrogens is 1. The van der Waals surface area contributed by atoms with Crippen molar-refractivity contribution in [1.82, 2.24) is 10.3 Å². The molecule has 1 aromatic carbocycles. The third-order valence-electron chi connectivity index (χ3n) is 2.72. The molecule has 0 spiro atoms. The Kier molecular flexibility index (Phi) is 4.21.